The minimum absolute atomic E-state index is 0.00815. The van der Waals surface area contributed by atoms with Gasteiger partial charge in [0.15, 0.2) is 0 Å². The van der Waals surface area contributed by atoms with Crippen LogP contribution in [-0.2, 0) is 19.4 Å². The predicted molar refractivity (Wildman–Crippen MR) is 83.6 cm³/mol. The summed E-state index contributed by atoms with van der Waals surface area (Å²) in [7, 11) is -1.72. The maximum atomic E-state index is 12.2. The summed E-state index contributed by atoms with van der Waals surface area (Å²) in [5, 5.41) is 5.08. The van der Waals surface area contributed by atoms with Crippen molar-refractivity contribution in [1.29, 1.82) is 0 Å². The Balaban J connectivity index is 2.79. The van der Waals surface area contributed by atoms with E-state index in [-0.39, 0.29) is 12.2 Å². The van der Waals surface area contributed by atoms with E-state index in [4.69, 9.17) is 4.74 Å². The second-order valence-corrected chi connectivity index (χ2v) is 7.15. The molecule has 0 saturated heterocycles. The van der Waals surface area contributed by atoms with Crippen LogP contribution in [0.5, 0.6) is 5.75 Å². The van der Waals surface area contributed by atoms with Crippen LogP contribution in [0.3, 0.4) is 0 Å². The Hall–Kier alpha value is -2.09. The number of rotatable bonds is 7. The highest BCUT2D eigenvalue weighted by Crippen LogP contribution is 2.17. The second kappa shape index (κ2) is 7.79. The van der Waals surface area contributed by atoms with Gasteiger partial charge < -0.3 is 15.4 Å². The lowest BCUT2D eigenvalue weighted by Crippen LogP contribution is -2.43. The number of carbonyl (C=O) groups excluding carboxylic acids is 2. The van der Waals surface area contributed by atoms with Gasteiger partial charge in [0, 0.05) is 24.9 Å². The van der Waals surface area contributed by atoms with Gasteiger partial charge in [-0.05, 0) is 18.6 Å². The van der Waals surface area contributed by atoms with Gasteiger partial charge in [-0.15, -0.1) is 0 Å². The first kappa shape index (κ1) is 18.0. The molecular weight excluding hydrogens is 308 g/mol. The van der Waals surface area contributed by atoms with E-state index < -0.39 is 27.7 Å². The molecule has 1 aromatic carbocycles. The number of methoxy groups -OCH3 is 1. The molecule has 2 N–H and O–H groups in total. The molecule has 2 amide bonds. The van der Waals surface area contributed by atoms with Gasteiger partial charge in [0.05, 0.1) is 12.9 Å². The fraction of sp³-hybridized carbons (Fsp3) is 0.429. The van der Waals surface area contributed by atoms with Gasteiger partial charge in [0.25, 0.3) is 0 Å². The summed E-state index contributed by atoms with van der Waals surface area (Å²) in [5.74, 6) is -0.500. The number of hydrogen-bond acceptors (Lipinski definition) is 5. The van der Waals surface area contributed by atoms with Crippen LogP contribution < -0.4 is 15.4 Å². The first-order valence-corrected chi connectivity index (χ1v) is 8.67. The summed E-state index contributed by atoms with van der Waals surface area (Å²) >= 11 is 0. The molecule has 0 bridgehead atoms. The second-order valence-electron chi connectivity index (χ2n) is 4.89. The smallest absolute Gasteiger partial charge is 0.246 e. The standard InChI is InChI=1S/C14H20N2O5S/c1-10(17)15-13(7-8-22(3,19)20)14(18)16-11-5-4-6-12(9-11)21-2/h4-6,9,13H,7-8H2,1-3H3,(H,15,17)(H,16,18). The number of carbonyl (C=O) groups is 2. The van der Waals surface area contributed by atoms with Gasteiger partial charge in [0.1, 0.15) is 21.6 Å². The lowest BCUT2D eigenvalue weighted by molar-refractivity contribution is -0.125. The minimum Gasteiger partial charge on any atom is -0.497 e. The Morgan fingerprint density at radius 2 is 2.00 bits per heavy atom. The monoisotopic (exact) mass is 328 g/mol. The van der Waals surface area contributed by atoms with Crippen molar-refractivity contribution in [2.75, 3.05) is 24.4 Å². The van der Waals surface area contributed by atoms with Crippen LogP contribution in [0.1, 0.15) is 13.3 Å². The summed E-state index contributed by atoms with van der Waals surface area (Å²) in [6.07, 6.45) is 1.09. The Morgan fingerprint density at radius 3 is 2.55 bits per heavy atom. The number of hydrogen-bond donors (Lipinski definition) is 2. The molecule has 0 radical (unpaired) electrons. The Kier molecular flexibility index (Phi) is 6.36. The zero-order valence-corrected chi connectivity index (χ0v) is 13.6. The van der Waals surface area contributed by atoms with Crippen molar-refractivity contribution >= 4 is 27.3 Å². The molecule has 0 heterocycles. The maximum absolute atomic E-state index is 12.2. The number of nitrogens with one attached hydrogen (secondary N) is 2. The van der Waals surface area contributed by atoms with E-state index >= 15 is 0 Å². The van der Waals surface area contributed by atoms with Crippen LogP contribution in [-0.4, -0.2) is 45.4 Å². The molecule has 0 aliphatic carbocycles. The predicted octanol–water partition coefficient (Wildman–Crippen LogP) is 0.573. The molecule has 1 unspecified atom stereocenters. The first-order chi connectivity index (χ1) is 10.2. The summed E-state index contributed by atoms with van der Waals surface area (Å²) in [4.78, 5) is 23.4. The van der Waals surface area contributed by atoms with E-state index in [2.05, 4.69) is 10.6 Å². The van der Waals surface area contributed by atoms with E-state index in [1.54, 1.807) is 24.3 Å². The molecule has 0 saturated carbocycles. The van der Waals surface area contributed by atoms with Crippen molar-refractivity contribution < 1.29 is 22.7 Å². The highest BCUT2D eigenvalue weighted by atomic mass is 32.2. The quantitative estimate of drug-likeness (QED) is 0.762. The first-order valence-electron chi connectivity index (χ1n) is 6.61. The van der Waals surface area contributed by atoms with Crippen LogP contribution in [0, 0.1) is 0 Å². The van der Waals surface area contributed by atoms with E-state index in [1.807, 2.05) is 0 Å². The third kappa shape index (κ3) is 6.57. The third-order valence-electron chi connectivity index (χ3n) is 2.81. The van der Waals surface area contributed by atoms with E-state index in [0.29, 0.717) is 11.4 Å². The molecule has 122 valence electrons. The van der Waals surface area contributed by atoms with E-state index in [0.717, 1.165) is 6.26 Å². The maximum Gasteiger partial charge on any atom is 0.246 e. The molecule has 0 aromatic heterocycles. The van der Waals surface area contributed by atoms with Crippen molar-refractivity contribution in [3.05, 3.63) is 24.3 Å². The molecule has 0 aliphatic rings. The van der Waals surface area contributed by atoms with Crippen molar-refractivity contribution in [2.24, 2.45) is 0 Å². The lowest BCUT2D eigenvalue weighted by Gasteiger charge is -2.17. The van der Waals surface area contributed by atoms with Crippen LogP contribution in [0.2, 0.25) is 0 Å². The molecule has 1 rings (SSSR count). The average molecular weight is 328 g/mol. The van der Waals surface area contributed by atoms with Crippen molar-refractivity contribution in [3.8, 4) is 5.75 Å². The fourth-order valence-electron chi connectivity index (χ4n) is 1.78. The summed E-state index contributed by atoms with van der Waals surface area (Å²) in [5.41, 5.74) is 0.499. The minimum atomic E-state index is -3.22. The van der Waals surface area contributed by atoms with Crippen molar-refractivity contribution in [1.82, 2.24) is 5.32 Å². The molecule has 1 atom stereocenters. The van der Waals surface area contributed by atoms with Crippen LogP contribution in [0.4, 0.5) is 5.69 Å². The molecular formula is C14H20N2O5S. The highest BCUT2D eigenvalue weighted by molar-refractivity contribution is 7.90. The Morgan fingerprint density at radius 1 is 1.32 bits per heavy atom. The van der Waals surface area contributed by atoms with Gasteiger partial charge in [0.2, 0.25) is 11.8 Å². The molecule has 22 heavy (non-hydrogen) atoms. The van der Waals surface area contributed by atoms with Crippen LogP contribution >= 0.6 is 0 Å². The molecule has 0 spiro atoms. The molecule has 0 fully saturated rings. The van der Waals surface area contributed by atoms with Crippen molar-refractivity contribution in [2.45, 2.75) is 19.4 Å². The highest BCUT2D eigenvalue weighted by Gasteiger charge is 2.21. The summed E-state index contributed by atoms with van der Waals surface area (Å²) < 4.78 is 27.5. The summed E-state index contributed by atoms with van der Waals surface area (Å²) in [6.45, 7) is 1.27. The molecule has 7 nitrogen and oxygen atoms in total. The lowest BCUT2D eigenvalue weighted by atomic mass is 10.2. The number of sulfone groups is 1. The SMILES string of the molecule is COc1cccc(NC(=O)C(CCS(C)(=O)=O)NC(C)=O)c1. The van der Waals surface area contributed by atoms with Gasteiger partial charge in [-0.2, -0.15) is 0 Å². The van der Waals surface area contributed by atoms with Gasteiger partial charge in [-0.25, -0.2) is 8.42 Å². The zero-order valence-electron chi connectivity index (χ0n) is 12.8. The molecule has 1 aromatic rings. The topological polar surface area (TPSA) is 102 Å². The van der Waals surface area contributed by atoms with E-state index in [1.165, 1.54) is 14.0 Å². The molecule has 0 aliphatic heterocycles. The van der Waals surface area contributed by atoms with Crippen molar-refractivity contribution in [3.63, 3.8) is 0 Å². The number of amides is 2. The Bertz CT molecular complexity index is 642. The number of benzene rings is 1. The zero-order chi connectivity index (χ0) is 16.8. The normalized spacial score (nSPS) is 12.3. The van der Waals surface area contributed by atoms with Gasteiger partial charge in [-0.1, -0.05) is 6.07 Å². The van der Waals surface area contributed by atoms with Crippen LogP contribution in [0.25, 0.3) is 0 Å². The Labute approximate surface area is 130 Å². The van der Waals surface area contributed by atoms with E-state index in [9.17, 15) is 18.0 Å². The average Bonchev–Trinajstić information content (AvgIpc) is 2.42. The third-order valence-corrected chi connectivity index (χ3v) is 3.79. The number of anilines is 1. The van der Waals surface area contributed by atoms with Crippen LogP contribution in [0.15, 0.2) is 24.3 Å². The van der Waals surface area contributed by atoms with Gasteiger partial charge >= 0.3 is 0 Å². The molecule has 8 heteroatoms. The fourth-order valence-corrected chi connectivity index (χ4v) is 2.44. The number of ether oxygens (including phenoxy) is 1. The van der Waals surface area contributed by atoms with Gasteiger partial charge in [-0.3, -0.25) is 9.59 Å². The largest absolute Gasteiger partial charge is 0.497 e. The summed E-state index contributed by atoms with van der Waals surface area (Å²) in [6, 6.07) is 5.81.